The van der Waals surface area contributed by atoms with Crippen molar-refractivity contribution in [3.63, 3.8) is 0 Å². The Morgan fingerprint density at radius 1 is 1.21 bits per heavy atom. The second kappa shape index (κ2) is 8.82. The molecular formula is C23H26BrNO3. The molecule has 0 fully saturated rings. The molecule has 0 radical (unpaired) electrons. The molecule has 1 unspecified atom stereocenters. The van der Waals surface area contributed by atoms with E-state index in [9.17, 15) is 9.90 Å². The van der Waals surface area contributed by atoms with Crippen molar-refractivity contribution in [2.75, 3.05) is 7.11 Å². The van der Waals surface area contributed by atoms with Crippen LogP contribution in [0.2, 0.25) is 0 Å². The maximum atomic E-state index is 11.3. The van der Waals surface area contributed by atoms with Gasteiger partial charge in [-0.25, -0.2) is 0 Å². The van der Waals surface area contributed by atoms with E-state index in [1.165, 1.54) is 16.8 Å². The van der Waals surface area contributed by atoms with Gasteiger partial charge >= 0.3 is 5.97 Å². The topological polar surface area (TPSA) is 51.5 Å². The lowest BCUT2D eigenvalue weighted by Gasteiger charge is -2.13. The molecule has 2 aromatic carbocycles. The number of carboxylic acid groups (broad SMARTS) is 1. The van der Waals surface area contributed by atoms with Crippen molar-refractivity contribution in [2.24, 2.45) is 5.92 Å². The number of halogens is 1. The van der Waals surface area contributed by atoms with Crippen molar-refractivity contribution in [1.29, 1.82) is 0 Å². The number of nitrogens with zero attached hydrogens (tertiary/aromatic N) is 1. The Kier molecular flexibility index (Phi) is 6.45. The van der Waals surface area contributed by atoms with Gasteiger partial charge in [-0.3, -0.25) is 4.79 Å². The predicted octanol–water partition coefficient (Wildman–Crippen LogP) is 5.81. The highest BCUT2D eigenvalue weighted by molar-refractivity contribution is 9.10. The number of aliphatic carboxylic acids is 1. The van der Waals surface area contributed by atoms with Crippen LogP contribution in [-0.4, -0.2) is 22.8 Å². The first-order valence-electron chi connectivity index (χ1n) is 9.54. The first kappa shape index (κ1) is 20.5. The summed E-state index contributed by atoms with van der Waals surface area (Å²) < 4.78 is 8.83. The highest BCUT2D eigenvalue weighted by Gasteiger charge is 2.20. The minimum atomic E-state index is -0.735. The zero-order chi connectivity index (χ0) is 20.3. The molecule has 0 spiro atoms. The van der Waals surface area contributed by atoms with Crippen LogP contribution in [0, 0.1) is 12.8 Å². The van der Waals surface area contributed by atoms with E-state index in [0.29, 0.717) is 0 Å². The third-order valence-corrected chi connectivity index (χ3v) is 5.98. The Balaban J connectivity index is 2.07. The molecule has 1 heterocycles. The Bertz CT molecular complexity index is 976. The molecule has 1 aromatic heterocycles. The summed E-state index contributed by atoms with van der Waals surface area (Å²) in [4.78, 5) is 11.3. The van der Waals surface area contributed by atoms with Crippen LogP contribution >= 0.6 is 15.9 Å². The van der Waals surface area contributed by atoms with E-state index in [2.05, 4.69) is 70.7 Å². The minimum Gasteiger partial charge on any atom is -0.497 e. The standard InChI is InChI=1S/C23H26BrNO3/c1-4-16(12-23(26)27)11-20-15(2)25(14-17-5-7-18(24)8-6-17)22-10-9-19(28-3)13-21(20)22/h5-10,13,16H,4,11-12,14H2,1-3H3,(H,26,27). The molecule has 0 amide bonds. The lowest BCUT2D eigenvalue weighted by atomic mass is 9.92. The Hall–Kier alpha value is -2.27. The molecule has 0 aliphatic heterocycles. The number of hydrogen-bond donors (Lipinski definition) is 1. The maximum Gasteiger partial charge on any atom is 0.303 e. The van der Waals surface area contributed by atoms with E-state index >= 15 is 0 Å². The van der Waals surface area contributed by atoms with Crippen LogP contribution in [0.15, 0.2) is 46.9 Å². The lowest BCUT2D eigenvalue weighted by molar-refractivity contribution is -0.138. The highest BCUT2D eigenvalue weighted by Crippen LogP contribution is 2.33. The number of methoxy groups -OCH3 is 1. The molecule has 4 nitrogen and oxygen atoms in total. The van der Waals surface area contributed by atoms with Crippen LogP contribution in [-0.2, 0) is 17.8 Å². The third-order valence-electron chi connectivity index (χ3n) is 5.45. The molecule has 3 rings (SSSR count). The molecule has 1 N–H and O–H groups in total. The Labute approximate surface area is 174 Å². The fourth-order valence-electron chi connectivity index (χ4n) is 3.79. The summed E-state index contributed by atoms with van der Waals surface area (Å²) >= 11 is 3.49. The van der Waals surface area contributed by atoms with Crippen molar-refractivity contribution in [3.05, 3.63) is 63.8 Å². The van der Waals surface area contributed by atoms with Crippen LogP contribution in [0.1, 0.15) is 36.6 Å². The normalized spacial score (nSPS) is 12.3. The van der Waals surface area contributed by atoms with Gasteiger partial charge in [-0.05, 0) is 60.7 Å². The second-order valence-electron chi connectivity index (χ2n) is 7.24. The van der Waals surface area contributed by atoms with Gasteiger partial charge in [-0.15, -0.1) is 0 Å². The summed E-state index contributed by atoms with van der Waals surface area (Å²) in [6.07, 6.45) is 1.79. The van der Waals surface area contributed by atoms with Crippen molar-refractivity contribution in [2.45, 2.75) is 39.7 Å². The number of hydrogen-bond acceptors (Lipinski definition) is 2. The summed E-state index contributed by atoms with van der Waals surface area (Å²) in [7, 11) is 1.67. The van der Waals surface area contributed by atoms with E-state index in [-0.39, 0.29) is 12.3 Å². The van der Waals surface area contributed by atoms with Gasteiger partial charge in [0.25, 0.3) is 0 Å². The molecule has 3 aromatic rings. The first-order valence-corrected chi connectivity index (χ1v) is 10.3. The van der Waals surface area contributed by atoms with Gasteiger partial charge in [0.1, 0.15) is 5.75 Å². The number of aromatic nitrogens is 1. The van der Waals surface area contributed by atoms with Crippen LogP contribution in [0.4, 0.5) is 0 Å². The van der Waals surface area contributed by atoms with Crippen molar-refractivity contribution >= 4 is 32.8 Å². The van der Waals surface area contributed by atoms with Crippen molar-refractivity contribution in [1.82, 2.24) is 4.57 Å². The van der Waals surface area contributed by atoms with Gasteiger partial charge in [-0.1, -0.05) is 41.4 Å². The molecule has 28 heavy (non-hydrogen) atoms. The van der Waals surface area contributed by atoms with Gasteiger partial charge < -0.3 is 14.4 Å². The van der Waals surface area contributed by atoms with Gasteiger partial charge in [-0.2, -0.15) is 0 Å². The summed E-state index contributed by atoms with van der Waals surface area (Å²) in [5.74, 6) is 0.204. The van der Waals surface area contributed by atoms with Crippen LogP contribution in [0.25, 0.3) is 10.9 Å². The van der Waals surface area contributed by atoms with Crippen LogP contribution in [0.5, 0.6) is 5.75 Å². The number of fused-ring (bicyclic) bond motifs is 1. The summed E-state index contributed by atoms with van der Waals surface area (Å²) in [5.41, 5.74) is 4.79. The fraction of sp³-hybridized carbons (Fsp3) is 0.348. The predicted molar refractivity (Wildman–Crippen MR) is 116 cm³/mol. The highest BCUT2D eigenvalue weighted by atomic mass is 79.9. The van der Waals surface area contributed by atoms with Crippen LogP contribution in [0.3, 0.4) is 0 Å². The quantitative estimate of drug-likeness (QED) is 0.477. The van der Waals surface area contributed by atoms with Gasteiger partial charge in [0, 0.05) is 34.0 Å². The Morgan fingerprint density at radius 3 is 2.54 bits per heavy atom. The largest absolute Gasteiger partial charge is 0.497 e. The molecule has 0 bridgehead atoms. The molecule has 0 aliphatic rings. The first-order chi connectivity index (χ1) is 13.4. The average molecular weight is 444 g/mol. The number of rotatable bonds is 8. The number of ether oxygens (including phenoxy) is 1. The minimum absolute atomic E-state index is 0.120. The molecule has 148 valence electrons. The zero-order valence-electron chi connectivity index (χ0n) is 16.5. The fourth-order valence-corrected chi connectivity index (χ4v) is 4.05. The van der Waals surface area contributed by atoms with E-state index in [4.69, 9.17) is 4.74 Å². The van der Waals surface area contributed by atoms with Gasteiger partial charge in [0.2, 0.25) is 0 Å². The van der Waals surface area contributed by atoms with E-state index in [1.807, 2.05) is 6.07 Å². The molecule has 0 saturated carbocycles. The molecular weight excluding hydrogens is 418 g/mol. The van der Waals surface area contributed by atoms with Gasteiger partial charge in [0.05, 0.1) is 7.11 Å². The van der Waals surface area contributed by atoms with E-state index in [0.717, 1.165) is 40.5 Å². The van der Waals surface area contributed by atoms with E-state index < -0.39 is 5.97 Å². The van der Waals surface area contributed by atoms with Gasteiger partial charge in [0.15, 0.2) is 0 Å². The smallest absolute Gasteiger partial charge is 0.303 e. The van der Waals surface area contributed by atoms with E-state index in [1.54, 1.807) is 7.11 Å². The van der Waals surface area contributed by atoms with Crippen LogP contribution < -0.4 is 4.74 Å². The van der Waals surface area contributed by atoms with Crippen molar-refractivity contribution in [3.8, 4) is 5.75 Å². The maximum absolute atomic E-state index is 11.3. The SMILES string of the molecule is CCC(CC(=O)O)Cc1c(C)n(Cc2ccc(Br)cc2)c2ccc(OC)cc12. The summed E-state index contributed by atoms with van der Waals surface area (Å²) in [5, 5.41) is 10.4. The zero-order valence-corrected chi connectivity index (χ0v) is 18.1. The monoisotopic (exact) mass is 443 g/mol. The van der Waals surface area contributed by atoms with Crippen molar-refractivity contribution < 1.29 is 14.6 Å². The average Bonchev–Trinajstić information content (AvgIpc) is 2.93. The lowest BCUT2D eigenvalue weighted by Crippen LogP contribution is -2.11. The molecule has 0 saturated heterocycles. The number of benzene rings is 2. The molecule has 5 heteroatoms. The number of carboxylic acids is 1. The molecule has 0 aliphatic carbocycles. The Morgan fingerprint density at radius 2 is 1.93 bits per heavy atom. The third kappa shape index (κ3) is 4.41. The molecule has 1 atom stereocenters. The summed E-state index contributed by atoms with van der Waals surface area (Å²) in [6, 6.07) is 14.5. The summed E-state index contributed by atoms with van der Waals surface area (Å²) in [6.45, 7) is 4.97. The number of carbonyl (C=O) groups is 1. The second-order valence-corrected chi connectivity index (χ2v) is 8.15.